The molecule has 1 aromatic rings. The summed E-state index contributed by atoms with van der Waals surface area (Å²) in [6, 6.07) is 8.37. The van der Waals surface area contributed by atoms with Gasteiger partial charge in [0.25, 0.3) is 0 Å². The Morgan fingerprint density at radius 1 is 1.27 bits per heavy atom. The number of benzene rings is 1. The van der Waals surface area contributed by atoms with Crippen LogP contribution in [0.1, 0.15) is 18.4 Å². The van der Waals surface area contributed by atoms with E-state index < -0.39 is 6.23 Å². The highest BCUT2D eigenvalue weighted by Crippen LogP contribution is 2.17. The van der Waals surface area contributed by atoms with Gasteiger partial charge in [-0.05, 0) is 24.1 Å². The fourth-order valence-corrected chi connectivity index (χ4v) is 2.89. The van der Waals surface area contributed by atoms with Gasteiger partial charge in [0, 0.05) is 31.7 Å². The number of anilines is 1. The van der Waals surface area contributed by atoms with E-state index in [9.17, 15) is 9.90 Å². The standard InChI is InChI=1S/C16H23N3O3/c20-15-6-5-14(16(21)18-15)17-11-12-1-3-13(4-2-12)19-7-9-22-10-8-19/h1-4,14,16-17,21H,5-11H2,(H,18,20). The molecule has 2 saturated heterocycles. The van der Waals surface area contributed by atoms with Crippen molar-refractivity contribution in [3.63, 3.8) is 0 Å². The molecule has 2 heterocycles. The molecule has 120 valence electrons. The van der Waals surface area contributed by atoms with Crippen LogP contribution in [0.3, 0.4) is 0 Å². The fraction of sp³-hybridized carbons (Fsp3) is 0.562. The second kappa shape index (κ2) is 7.09. The molecule has 1 amide bonds. The Morgan fingerprint density at radius 3 is 2.68 bits per heavy atom. The first-order chi connectivity index (χ1) is 10.7. The van der Waals surface area contributed by atoms with Gasteiger partial charge in [-0.2, -0.15) is 0 Å². The Labute approximate surface area is 130 Å². The number of aliphatic hydroxyl groups excluding tert-OH is 1. The van der Waals surface area contributed by atoms with E-state index in [0.717, 1.165) is 26.3 Å². The van der Waals surface area contributed by atoms with Crippen LogP contribution in [0.2, 0.25) is 0 Å². The minimum atomic E-state index is -0.797. The quantitative estimate of drug-likeness (QED) is 0.741. The van der Waals surface area contributed by atoms with Gasteiger partial charge in [-0.15, -0.1) is 0 Å². The molecule has 0 spiro atoms. The van der Waals surface area contributed by atoms with Gasteiger partial charge in [-0.1, -0.05) is 12.1 Å². The molecule has 3 N–H and O–H groups in total. The van der Waals surface area contributed by atoms with E-state index in [0.29, 0.717) is 19.4 Å². The van der Waals surface area contributed by atoms with Gasteiger partial charge in [0.1, 0.15) is 6.23 Å². The average Bonchev–Trinajstić information content (AvgIpc) is 2.55. The average molecular weight is 305 g/mol. The third-order valence-corrected chi connectivity index (χ3v) is 4.25. The second-order valence-corrected chi connectivity index (χ2v) is 5.80. The summed E-state index contributed by atoms with van der Waals surface area (Å²) in [7, 11) is 0. The number of piperidine rings is 1. The predicted molar refractivity (Wildman–Crippen MR) is 83.5 cm³/mol. The second-order valence-electron chi connectivity index (χ2n) is 5.80. The molecule has 3 rings (SSSR count). The largest absolute Gasteiger partial charge is 0.378 e. The van der Waals surface area contributed by atoms with Crippen molar-refractivity contribution < 1.29 is 14.6 Å². The molecule has 0 aliphatic carbocycles. The Hall–Kier alpha value is -1.63. The summed E-state index contributed by atoms with van der Waals surface area (Å²) in [5.74, 6) is -0.0829. The first-order valence-corrected chi connectivity index (χ1v) is 7.85. The third kappa shape index (κ3) is 3.76. The zero-order valence-corrected chi connectivity index (χ0v) is 12.6. The summed E-state index contributed by atoms with van der Waals surface area (Å²) in [5.41, 5.74) is 2.39. The lowest BCUT2D eigenvalue weighted by atomic mass is 10.0. The van der Waals surface area contributed by atoms with Gasteiger partial charge >= 0.3 is 0 Å². The summed E-state index contributed by atoms with van der Waals surface area (Å²) in [6.07, 6.45) is 0.331. The van der Waals surface area contributed by atoms with E-state index in [2.05, 4.69) is 39.8 Å². The van der Waals surface area contributed by atoms with Gasteiger partial charge in [0.2, 0.25) is 5.91 Å². The lowest BCUT2D eigenvalue weighted by Gasteiger charge is -2.30. The van der Waals surface area contributed by atoms with Crippen LogP contribution < -0.4 is 15.5 Å². The molecule has 2 atom stereocenters. The minimum Gasteiger partial charge on any atom is -0.378 e. The predicted octanol–water partition coefficient (Wildman–Crippen LogP) is 0.210. The van der Waals surface area contributed by atoms with E-state index in [4.69, 9.17) is 4.74 Å². The highest BCUT2D eigenvalue weighted by molar-refractivity contribution is 5.77. The molecule has 0 bridgehead atoms. The highest BCUT2D eigenvalue weighted by Gasteiger charge is 2.26. The number of hydrogen-bond acceptors (Lipinski definition) is 5. The number of carbonyl (C=O) groups excluding carboxylic acids is 1. The lowest BCUT2D eigenvalue weighted by Crippen LogP contribution is -2.53. The SMILES string of the molecule is O=C1CCC(NCc2ccc(N3CCOCC3)cc2)C(O)N1. The molecule has 2 aliphatic rings. The maximum Gasteiger partial charge on any atom is 0.222 e. The molecule has 0 aromatic heterocycles. The number of ether oxygens (including phenoxy) is 1. The van der Waals surface area contributed by atoms with Crippen LogP contribution in [0, 0.1) is 0 Å². The molecule has 6 heteroatoms. The topological polar surface area (TPSA) is 73.8 Å². The number of nitrogens with zero attached hydrogens (tertiary/aromatic N) is 1. The van der Waals surface area contributed by atoms with E-state index in [1.807, 2.05) is 0 Å². The molecule has 6 nitrogen and oxygen atoms in total. The van der Waals surface area contributed by atoms with Gasteiger partial charge in [0.05, 0.1) is 19.3 Å². The van der Waals surface area contributed by atoms with E-state index in [1.165, 1.54) is 11.3 Å². The van der Waals surface area contributed by atoms with Gasteiger partial charge in [-0.3, -0.25) is 4.79 Å². The van der Waals surface area contributed by atoms with E-state index >= 15 is 0 Å². The van der Waals surface area contributed by atoms with Crippen LogP contribution in [0.5, 0.6) is 0 Å². The maximum atomic E-state index is 11.2. The molecule has 0 radical (unpaired) electrons. The lowest BCUT2D eigenvalue weighted by molar-refractivity contribution is -0.127. The van der Waals surface area contributed by atoms with E-state index in [1.54, 1.807) is 0 Å². The number of nitrogens with one attached hydrogen (secondary N) is 2. The van der Waals surface area contributed by atoms with Crippen molar-refractivity contribution in [3.05, 3.63) is 29.8 Å². The first-order valence-electron chi connectivity index (χ1n) is 7.85. The molecule has 2 aliphatic heterocycles. The zero-order valence-electron chi connectivity index (χ0n) is 12.6. The normalized spacial score (nSPS) is 25.9. The summed E-state index contributed by atoms with van der Waals surface area (Å²) in [5, 5.41) is 15.7. The number of morpholine rings is 1. The highest BCUT2D eigenvalue weighted by atomic mass is 16.5. The van der Waals surface area contributed by atoms with Crippen LogP contribution in [-0.4, -0.2) is 49.6 Å². The number of rotatable bonds is 4. The number of hydrogen-bond donors (Lipinski definition) is 3. The Bertz CT molecular complexity index is 500. The summed E-state index contributed by atoms with van der Waals surface area (Å²) in [6.45, 7) is 4.13. The Kier molecular flexibility index (Phi) is 4.92. The first kappa shape index (κ1) is 15.3. The number of amides is 1. The van der Waals surface area contributed by atoms with Crippen molar-refractivity contribution in [1.82, 2.24) is 10.6 Å². The summed E-state index contributed by atoms with van der Waals surface area (Å²) in [4.78, 5) is 13.5. The maximum absolute atomic E-state index is 11.2. The minimum absolute atomic E-state index is 0.0829. The molecule has 22 heavy (non-hydrogen) atoms. The summed E-state index contributed by atoms with van der Waals surface area (Å²) >= 11 is 0. The van der Waals surface area contributed by atoms with Crippen molar-refractivity contribution in [2.45, 2.75) is 31.7 Å². The van der Waals surface area contributed by atoms with Gasteiger partial charge < -0.3 is 25.4 Å². The van der Waals surface area contributed by atoms with Crippen LogP contribution in [0.25, 0.3) is 0 Å². The van der Waals surface area contributed by atoms with Crippen molar-refractivity contribution >= 4 is 11.6 Å². The summed E-state index contributed by atoms with van der Waals surface area (Å²) < 4.78 is 5.36. The van der Waals surface area contributed by atoms with Crippen molar-refractivity contribution in [2.75, 3.05) is 31.2 Å². The van der Waals surface area contributed by atoms with Crippen LogP contribution in [0.15, 0.2) is 24.3 Å². The monoisotopic (exact) mass is 305 g/mol. The van der Waals surface area contributed by atoms with Crippen molar-refractivity contribution in [1.29, 1.82) is 0 Å². The number of aliphatic hydroxyl groups is 1. The molecular formula is C16H23N3O3. The van der Waals surface area contributed by atoms with Gasteiger partial charge in [0.15, 0.2) is 0 Å². The number of carbonyl (C=O) groups is 1. The molecule has 1 aromatic carbocycles. The van der Waals surface area contributed by atoms with E-state index in [-0.39, 0.29) is 11.9 Å². The van der Waals surface area contributed by atoms with Crippen molar-refractivity contribution in [3.8, 4) is 0 Å². The molecule has 0 saturated carbocycles. The molecule has 2 fully saturated rings. The Morgan fingerprint density at radius 2 is 2.00 bits per heavy atom. The van der Waals surface area contributed by atoms with Crippen LogP contribution in [0.4, 0.5) is 5.69 Å². The molecular weight excluding hydrogens is 282 g/mol. The fourth-order valence-electron chi connectivity index (χ4n) is 2.89. The molecule has 2 unspecified atom stereocenters. The van der Waals surface area contributed by atoms with Crippen molar-refractivity contribution in [2.24, 2.45) is 0 Å². The third-order valence-electron chi connectivity index (χ3n) is 4.25. The Balaban J connectivity index is 1.51. The van der Waals surface area contributed by atoms with Crippen LogP contribution >= 0.6 is 0 Å². The smallest absolute Gasteiger partial charge is 0.222 e. The van der Waals surface area contributed by atoms with Crippen LogP contribution in [-0.2, 0) is 16.1 Å². The zero-order chi connectivity index (χ0) is 15.4. The van der Waals surface area contributed by atoms with Gasteiger partial charge in [-0.25, -0.2) is 0 Å².